The molecule has 0 aliphatic heterocycles. The molecular formula is C28H72. The first-order valence-electron chi connectivity index (χ1n) is 9.28. The lowest BCUT2D eigenvalue weighted by atomic mass is 9.68. The van der Waals surface area contributed by atoms with Gasteiger partial charge in [0.25, 0.3) is 0 Å². The molecule has 0 amide bonds. The van der Waals surface area contributed by atoms with Crippen LogP contribution in [0.1, 0.15) is 154 Å². The molecule has 0 spiro atoms. The van der Waals surface area contributed by atoms with E-state index in [1.807, 2.05) is 0 Å². The third-order valence-electron chi connectivity index (χ3n) is 5.40. The highest BCUT2D eigenvalue weighted by Gasteiger charge is 2.30. The van der Waals surface area contributed by atoms with Crippen molar-refractivity contribution in [3.8, 4) is 0 Å². The van der Waals surface area contributed by atoms with Gasteiger partial charge in [0.2, 0.25) is 0 Å². The Hall–Kier alpha value is 0. The minimum atomic E-state index is 0. The second kappa shape index (κ2) is 17.8. The monoisotopic (exact) mass is 409 g/mol. The quantitative estimate of drug-likeness (QED) is 0.426. The molecule has 0 heteroatoms. The van der Waals surface area contributed by atoms with Crippen LogP contribution in [-0.4, -0.2) is 0 Å². The van der Waals surface area contributed by atoms with E-state index in [-0.39, 0.29) is 44.6 Å². The summed E-state index contributed by atoms with van der Waals surface area (Å²) in [6, 6.07) is 0. The molecule has 1 atom stereocenters. The molecule has 0 fully saturated rings. The largest absolute Gasteiger partial charge is 0.0776 e. The van der Waals surface area contributed by atoms with Gasteiger partial charge in [-0.3, -0.25) is 0 Å². The van der Waals surface area contributed by atoms with Crippen LogP contribution in [-0.2, 0) is 0 Å². The predicted molar refractivity (Wildman–Crippen MR) is 146 cm³/mol. The third-order valence-corrected chi connectivity index (χ3v) is 5.40. The zero-order valence-corrected chi connectivity index (χ0v) is 18.6. The summed E-state index contributed by atoms with van der Waals surface area (Å²) in [5.41, 5.74) is 1.86. The number of hydrogen-bond donors (Lipinski definition) is 0. The van der Waals surface area contributed by atoms with Crippen molar-refractivity contribution in [3.63, 3.8) is 0 Å². The fourth-order valence-corrected chi connectivity index (χ4v) is 2.38. The van der Waals surface area contributed by atoms with E-state index in [1.165, 1.54) is 12.8 Å². The van der Waals surface area contributed by atoms with Crippen molar-refractivity contribution in [2.24, 2.45) is 33.5 Å². The Kier molecular flexibility index (Phi) is 32.5. The molecule has 0 N–H and O–H groups in total. The average Bonchev–Trinajstić information content (AvgIpc) is 2.20. The molecule has 0 aromatic carbocycles. The van der Waals surface area contributed by atoms with Gasteiger partial charge in [-0.25, -0.2) is 0 Å². The molecule has 0 nitrogen and oxygen atoms in total. The SMILES string of the molecule is C.C.C.C.C.C.CC(C(C)(C)C)C(C)(C)C.CC(CCC(C)(C)C)C(C)(C)C. The normalized spacial score (nSPS) is 12.1. The summed E-state index contributed by atoms with van der Waals surface area (Å²) < 4.78 is 0. The van der Waals surface area contributed by atoms with Gasteiger partial charge in [-0.2, -0.15) is 0 Å². The Labute approximate surface area is 188 Å². The maximum atomic E-state index is 2.37. The lowest BCUT2D eigenvalue weighted by molar-refractivity contribution is 0.121. The zero-order chi connectivity index (χ0) is 18.6. The van der Waals surface area contributed by atoms with E-state index in [0.29, 0.717) is 21.7 Å². The maximum absolute atomic E-state index is 2.37. The van der Waals surface area contributed by atoms with Crippen LogP contribution in [0.15, 0.2) is 0 Å². The molecule has 0 aliphatic carbocycles. The molecular weight excluding hydrogens is 336 g/mol. The van der Waals surface area contributed by atoms with Gasteiger partial charge >= 0.3 is 0 Å². The fourth-order valence-electron chi connectivity index (χ4n) is 2.38. The van der Waals surface area contributed by atoms with Crippen LogP contribution >= 0.6 is 0 Å². The second-order valence-electron chi connectivity index (χ2n) is 11.8. The average molecular weight is 409 g/mol. The Bertz CT molecular complexity index is 268. The van der Waals surface area contributed by atoms with Gasteiger partial charge in [0, 0.05) is 0 Å². The van der Waals surface area contributed by atoms with Crippen LogP contribution in [0.5, 0.6) is 0 Å². The van der Waals surface area contributed by atoms with Crippen molar-refractivity contribution in [2.75, 3.05) is 0 Å². The lowest BCUT2D eigenvalue weighted by Gasteiger charge is -2.38. The van der Waals surface area contributed by atoms with Gasteiger partial charge in [0.1, 0.15) is 0 Å². The molecule has 0 bridgehead atoms. The molecule has 0 heterocycles. The highest BCUT2D eigenvalue weighted by Crippen LogP contribution is 2.39. The Morgan fingerprint density at radius 3 is 0.821 bits per heavy atom. The molecule has 0 saturated carbocycles. The Morgan fingerprint density at radius 2 is 0.714 bits per heavy atom. The molecule has 0 saturated heterocycles. The molecule has 184 valence electrons. The number of rotatable bonds is 2. The standard InChI is InChI=1S/C12H26.C10H22.6CH4/c1-10(12(5,6)7)8-9-11(2,3)4;1-8(9(2,3)4)10(5,6)7;;;;;;/h10H,8-9H2,1-7H3;8H,1-7H3;6*1H4. The van der Waals surface area contributed by atoms with Crippen molar-refractivity contribution in [2.45, 2.75) is 154 Å². The molecule has 28 heavy (non-hydrogen) atoms. The molecule has 0 aromatic heterocycles. The topological polar surface area (TPSA) is 0 Å². The van der Waals surface area contributed by atoms with Gasteiger partial charge in [-0.15, -0.1) is 0 Å². The minimum absolute atomic E-state index is 0. The van der Waals surface area contributed by atoms with Crippen LogP contribution in [0.2, 0.25) is 0 Å². The summed E-state index contributed by atoms with van der Waals surface area (Å²) in [5.74, 6) is 1.59. The van der Waals surface area contributed by atoms with Crippen LogP contribution in [0.4, 0.5) is 0 Å². The van der Waals surface area contributed by atoms with E-state index in [0.717, 1.165) is 11.8 Å². The van der Waals surface area contributed by atoms with E-state index in [9.17, 15) is 0 Å². The van der Waals surface area contributed by atoms with E-state index < -0.39 is 0 Å². The highest BCUT2D eigenvalue weighted by molar-refractivity contribution is 4.79. The van der Waals surface area contributed by atoms with Crippen molar-refractivity contribution < 1.29 is 0 Å². The summed E-state index contributed by atoms with van der Waals surface area (Å²) >= 11 is 0. The van der Waals surface area contributed by atoms with Crippen LogP contribution < -0.4 is 0 Å². The van der Waals surface area contributed by atoms with Gasteiger partial charge in [-0.05, 0) is 46.3 Å². The smallest absolute Gasteiger partial charge is 0.0345 e. The first-order chi connectivity index (χ1) is 9.28. The second-order valence-corrected chi connectivity index (χ2v) is 11.8. The first kappa shape index (κ1) is 51.0. The zero-order valence-electron chi connectivity index (χ0n) is 18.6. The van der Waals surface area contributed by atoms with Gasteiger partial charge in [0.05, 0.1) is 0 Å². The van der Waals surface area contributed by atoms with Crippen molar-refractivity contribution in [1.29, 1.82) is 0 Å². The van der Waals surface area contributed by atoms with Gasteiger partial charge < -0.3 is 0 Å². The van der Waals surface area contributed by atoms with E-state index in [1.54, 1.807) is 0 Å². The molecule has 0 aliphatic rings. The van der Waals surface area contributed by atoms with Crippen molar-refractivity contribution >= 4 is 0 Å². The van der Waals surface area contributed by atoms with E-state index in [4.69, 9.17) is 0 Å². The molecule has 1 unspecified atom stereocenters. The summed E-state index contributed by atoms with van der Waals surface area (Å²) in [6.07, 6.45) is 2.69. The molecule has 0 rings (SSSR count). The third kappa shape index (κ3) is 28.2. The Balaban J connectivity index is -0.0000000396. The van der Waals surface area contributed by atoms with Crippen molar-refractivity contribution in [3.05, 3.63) is 0 Å². The summed E-state index contributed by atoms with van der Waals surface area (Å²) in [6.45, 7) is 32.5. The summed E-state index contributed by atoms with van der Waals surface area (Å²) in [4.78, 5) is 0. The molecule has 0 aromatic rings. The minimum Gasteiger partial charge on any atom is -0.0776 e. The summed E-state index contributed by atoms with van der Waals surface area (Å²) in [7, 11) is 0. The van der Waals surface area contributed by atoms with Gasteiger partial charge in [0.15, 0.2) is 0 Å². The first-order valence-corrected chi connectivity index (χ1v) is 9.28. The lowest BCUT2D eigenvalue weighted by Crippen LogP contribution is -2.29. The van der Waals surface area contributed by atoms with Gasteiger partial charge in [-0.1, -0.05) is 141 Å². The van der Waals surface area contributed by atoms with E-state index >= 15 is 0 Å². The molecule has 0 radical (unpaired) electrons. The Morgan fingerprint density at radius 1 is 0.464 bits per heavy atom. The van der Waals surface area contributed by atoms with Crippen LogP contribution in [0.3, 0.4) is 0 Å². The van der Waals surface area contributed by atoms with E-state index in [2.05, 4.69) is 96.9 Å². The van der Waals surface area contributed by atoms with Crippen LogP contribution in [0, 0.1) is 33.5 Å². The highest BCUT2D eigenvalue weighted by atomic mass is 14.4. The number of hydrogen-bond acceptors (Lipinski definition) is 0. The van der Waals surface area contributed by atoms with Crippen molar-refractivity contribution in [1.82, 2.24) is 0 Å². The summed E-state index contributed by atoms with van der Waals surface area (Å²) in [5, 5.41) is 0. The fraction of sp³-hybridized carbons (Fsp3) is 1.00. The predicted octanol–water partition coefficient (Wildman–Crippen LogP) is 12.0. The van der Waals surface area contributed by atoms with Crippen LogP contribution in [0.25, 0.3) is 0 Å². The maximum Gasteiger partial charge on any atom is -0.0345 e.